The number of pyridine rings is 1. The van der Waals surface area contributed by atoms with Crippen LogP contribution in [0.2, 0.25) is 0 Å². The van der Waals surface area contributed by atoms with E-state index in [1.54, 1.807) is 19.0 Å². The van der Waals surface area contributed by atoms with Gasteiger partial charge >= 0.3 is 12.1 Å². The number of carboxylic acids is 1. The molecule has 1 saturated carbocycles. The minimum absolute atomic E-state index is 0.0166. The molecule has 0 atom stereocenters. The molecule has 3 rings (SSSR count). The van der Waals surface area contributed by atoms with Crippen molar-refractivity contribution >= 4 is 11.9 Å². The van der Waals surface area contributed by atoms with Crippen molar-refractivity contribution in [2.75, 3.05) is 27.2 Å². The lowest BCUT2D eigenvalue weighted by molar-refractivity contribution is -0.192. The summed E-state index contributed by atoms with van der Waals surface area (Å²) in [7, 11) is 3.51. The highest BCUT2D eigenvalue weighted by Gasteiger charge is 2.38. The molecule has 1 saturated heterocycles. The summed E-state index contributed by atoms with van der Waals surface area (Å²) >= 11 is 0. The Morgan fingerprint density at radius 1 is 1.16 bits per heavy atom. The number of nitrogens with zero attached hydrogens (tertiary/aromatic N) is 2. The second kappa shape index (κ2) is 10.3. The average molecular weight is 445 g/mol. The number of aromatic nitrogens is 1. The van der Waals surface area contributed by atoms with Gasteiger partial charge in [-0.2, -0.15) is 13.2 Å². The summed E-state index contributed by atoms with van der Waals surface area (Å²) in [5.74, 6) is -2.13. The van der Waals surface area contributed by atoms with Crippen LogP contribution in [0.15, 0.2) is 12.1 Å². The SMILES string of the molecule is Cc1nc(OC2CCC3(CCNCC3)CC2)ccc1C(=O)N(C)C.O=C(O)C(F)(F)F. The zero-order chi connectivity index (χ0) is 23.2. The van der Waals surface area contributed by atoms with Crippen molar-refractivity contribution < 1.29 is 32.6 Å². The van der Waals surface area contributed by atoms with E-state index in [-0.39, 0.29) is 12.0 Å². The topological polar surface area (TPSA) is 91.8 Å². The number of halogens is 3. The van der Waals surface area contributed by atoms with Gasteiger partial charge in [0.1, 0.15) is 6.10 Å². The van der Waals surface area contributed by atoms with Gasteiger partial charge in [0, 0.05) is 20.2 Å². The van der Waals surface area contributed by atoms with Crippen molar-refractivity contribution in [1.29, 1.82) is 0 Å². The van der Waals surface area contributed by atoms with Gasteiger partial charge in [-0.3, -0.25) is 4.79 Å². The third kappa shape index (κ3) is 7.09. The Morgan fingerprint density at radius 3 is 2.16 bits per heavy atom. The zero-order valence-electron chi connectivity index (χ0n) is 18.1. The summed E-state index contributed by atoms with van der Waals surface area (Å²) in [5, 5.41) is 10.6. The lowest BCUT2D eigenvalue weighted by Gasteiger charge is -2.43. The molecular formula is C21H30F3N3O4. The number of carbonyl (C=O) groups is 2. The number of piperidine rings is 1. The third-order valence-electron chi connectivity index (χ3n) is 5.88. The van der Waals surface area contributed by atoms with Crippen LogP contribution >= 0.6 is 0 Å². The van der Waals surface area contributed by atoms with Crippen LogP contribution in [0.1, 0.15) is 54.6 Å². The number of hydrogen-bond donors (Lipinski definition) is 2. The molecule has 2 heterocycles. The van der Waals surface area contributed by atoms with E-state index in [9.17, 15) is 18.0 Å². The Hall–Kier alpha value is -2.36. The molecule has 0 bridgehead atoms. The Kier molecular flexibility index (Phi) is 8.27. The lowest BCUT2D eigenvalue weighted by Crippen LogP contribution is -2.41. The van der Waals surface area contributed by atoms with Crippen molar-refractivity contribution in [3.05, 3.63) is 23.4 Å². The molecule has 7 nitrogen and oxygen atoms in total. The number of alkyl halides is 3. The molecule has 2 aliphatic rings. The van der Waals surface area contributed by atoms with Gasteiger partial charge < -0.3 is 20.1 Å². The molecule has 10 heteroatoms. The minimum Gasteiger partial charge on any atom is -0.475 e. The second-order valence-electron chi connectivity index (χ2n) is 8.35. The van der Waals surface area contributed by atoms with Gasteiger partial charge in [0.15, 0.2) is 0 Å². The first-order valence-corrected chi connectivity index (χ1v) is 10.3. The lowest BCUT2D eigenvalue weighted by atomic mass is 9.68. The molecule has 174 valence electrons. The van der Waals surface area contributed by atoms with Crippen LogP contribution in [0.4, 0.5) is 13.2 Å². The third-order valence-corrected chi connectivity index (χ3v) is 5.88. The van der Waals surface area contributed by atoms with Gasteiger partial charge in [-0.05, 0) is 70.0 Å². The monoisotopic (exact) mass is 445 g/mol. The second-order valence-corrected chi connectivity index (χ2v) is 8.35. The van der Waals surface area contributed by atoms with Crippen LogP contribution in [-0.2, 0) is 4.79 Å². The number of aryl methyl sites for hydroxylation is 1. The highest BCUT2D eigenvalue weighted by atomic mass is 19.4. The van der Waals surface area contributed by atoms with Crippen LogP contribution in [0, 0.1) is 12.3 Å². The van der Waals surface area contributed by atoms with Gasteiger partial charge in [0.05, 0.1) is 11.3 Å². The number of hydrogen-bond acceptors (Lipinski definition) is 5. The number of aliphatic carboxylic acids is 1. The van der Waals surface area contributed by atoms with Crippen molar-refractivity contribution in [1.82, 2.24) is 15.2 Å². The van der Waals surface area contributed by atoms with E-state index in [4.69, 9.17) is 14.6 Å². The van der Waals surface area contributed by atoms with Gasteiger partial charge in [-0.15, -0.1) is 0 Å². The average Bonchev–Trinajstić information content (AvgIpc) is 2.70. The maximum Gasteiger partial charge on any atom is 0.490 e. The summed E-state index contributed by atoms with van der Waals surface area (Å²) in [5.41, 5.74) is 1.93. The highest BCUT2D eigenvalue weighted by Crippen LogP contribution is 2.43. The van der Waals surface area contributed by atoms with Crippen LogP contribution in [0.5, 0.6) is 5.88 Å². The van der Waals surface area contributed by atoms with Crippen molar-refractivity contribution in [2.45, 2.75) is 57.7 Å². The molecule has 0 unspecified atom stereocenters. The Balaban J connectivity index is 0.000000423. The van der Waals surface area contributed by atoms with E-state index >= 15 is 0 Å². The summed E-state index contributed by atoms with van der Waals surface area (Å²) in [6, 6.07) is 3.66. The van der Waals surface area contributed by atoms with E-state index < -0.39 is 12.1 Å². The molecule has 1 aromatic rings. The predicted octanol–water partition coefficient (Wildman–Crippen LogP) is 3.42. The fourth-order valence-electron chi connectivity index (χ4n) is 4.02. The van der Waals surface area contributed by atoms with Crippen LogP contribution < -0.4 is 10.1 Å². The van der Waals surface area contributed by atoms with Gasteiger partial charge in [0.2, 0.25) is 5.88 Å². The molecular weight excluding hydrogens is 415 g/mol. The van der Waals surface area contributed by atoms with E-state index in [0.717, 1.165) is 31.6 Å². The Bertz CT molecular complexity index is 768. The molecule has 1 aliphatic carbocycles. The maximum atomic E-state index is 12.1. The van der Waals surface area contributed by atoms with Gasteiger partial charge in [-0.1, -0.05) is 0 Å². The number of amides is 1. The van der Waals surface area contributed by atoms with Crippen LogP contribution in [0.25, 0.3) is 0 Å². The molecule has 0 aromatic carbocycles. The van der Waals surface area contributed by atoms with E-state index in [0.29, 0.717) is 16.9 Å². The fourth-order valence-corrected chi connectivity index (χ4v) is 4.02. The number of nitrogens with one attached hydrogen (secondary N) is 1. The summed E-state index contributed by atoms with van der Waals surface area (Å²) in [6.45, 7) is 4.19. The Morgan fingerprint density at radius 2 is 1.71 bits per heavy atom. The van der Waals surface area contributed by atoms with Crippen molar-refractivity contribution in [3.63, 3.8) is 0 Å². The van der Waals surface area contributed by atoms with Crippen molar-refractivity contribution in [2.24, 2.45) is 5.41 Å². The molecule has 1 spiro atoms. The van der Waals surface area contributed by atoms with E-state index in [1.807, 2.05) is 19.1 Å². The zero-order valence-corrected chi connectivity index (χ0v) is 18.1. The van der Waals surface area contributed by atoms with Crippen molar-refractivity contribution in [3.8, 4) is 5.88 Å². The summed E-state index contributed by atoms with van der Waals surface area (Å²) < 4.78 is 37.8. The molecule has 1 amide bonds. The Labute approximate surface area is 180 Å². The largest absolute Gasteiger partial charge is 0.490 e. The molecule has 2 N–H and O–H groups in total. The number of ether oxygens (including phenoxy) is 1. The minimum atomic E-state index is -5.08. The number of carbonyl (C=O) groups excluding carboxylic acids is 1. The molecule has 2 fully saturated rings. The standard InChI is InChI=1S/C19H29N3O2.C2HF3O2/c1-14-16(18(23)22(2)3)4-5-17(21-14)24-15-6-8-19(9-7-15)10-12-20-13-11-19;3-2(4,5)1(6)7/h4-5,15,20H,6-13H2,1-3H3;(H,6,7). The first-order valence-electron chi connectivity index (χ1n) is 10.3. The van der Waals surface area contributed by atoms with Crippen LogP contribution in [0.3, 0.4) is 0 Å². The van der Waals surface area contributed by atoms with Gasteiger partial charge in [0.25, 0.3) is 5.91 Å². The molecule has 1 aromatic heterocycles. The molecule has 0 radical (unpaired) electrons. The maximum absolute atomic E-state index is 12.1. The summed E-state index contributed by atoms with van der Waals surface area (Å²) in [4.78, 5) is 27.0. The number of carboxylic acid groups (broad SMARTS) is 1. The smallest absolute Gasteiger partial charge is 0.475 e. The first-order chi connectivity index (χ1) is 14.4. The predicted molar refractivity (Wildman–Crippen MR) is 108 cm³/mol. The van der Waals surface area contributed by atoms with Crippen LogP contribution in [-0.4, -0.2) is 66.3 Å². The van der Waals surface area contributed by atoms with Gasteiger partial charge in [-0.25, -0.2) is 9.78 Å². The fraction of sp³-hybridized carbons (Fsp3) is 0.667. The number of rotatable bonds is 3. The summed E-state index contributed by atoms with van der Waals surface area (Å²) in [6.07, 6.45) is 2.52. The normalized spacial score (nSPS) is 18.6. The highest BCUT2D eigenvalue weighted by molar-refractivity contribution is 5.94. The molecule has 1 aliphatic heterocycles. The van der Waals surface area contributed by atoms with E-state index in [1.165, 1.54) is 25.7 Å². The van der Waals surface area contributed by atoms with E-state index in [2.05, 4.69) is 10.3 Å². The molecule has 31 heavy (non-hydrogen) atoms. The quantitative estimate of drug-likeness (QED) is 0.741. The first kappa shape index (κ1) is 24.9.